The van der Waals surface area contributed by atoms with E-state index >= 15 is 0 Å². The molecule has 2 N–H and O–H groups in total. The third kappa shape index (κ3) is 3.30. The highest BCUT2D eigenvalue weighted by atomic mass is 16.2. The van der Waals surface area contributed by atoms with Gasteiger partial charge in [-0.2, -0.15) is 0 Å². The molecule has 1 atom stereocenters. The molecule has 2 aromatic carbocycles. The molecule has 114 valence electrons. The Kier molecular flexibility index (Phi) is 4.14. The minimum absolute atomic E-state index is 0.0185. The third-order valence-corrected chi connectivity index (χ3v) is 4.28. The van der Waals surface area contributed by atoms with Crippen LogP contribution in [0.2, 0.25) is 0 Å². The smallest absolute Gasteiger partial charge is 0.319 e. The molecule has 0 bridgehead atoms. The van der Waals surface area contributed by atoms with Gasteiger partial charge < -0.3 is 10.6 Å². The average molecular weight is 294 g/mol. The summed E-state index contributed by atoms with van der Waals surface area (Å²) >= 11 is 0. The number of fused-ring (bicyclic) bond motifs is 1. The Labute approximate surface area is 131 Å². The van der Waals surface area contributed by atoms with Gasteiger partial charge in [-0.1, -0.05) is 35.9 Å². The third-order valence-electron chi connectivity index (χ3n) is 4.28. The monoisotopic (exact) mass is 294 g/mol. The summed E-state index contributed by atoms with van der Waals surface area (Å²) in [6.45, 7) is 4.05. The Balaban J connectivity index is 1.61. The quantitative estimate of drug-likeness (QED) is 0.867. The first-order valence-electron chi connectivity index (χ1n) is 7.88. The number of urea groups is 1. The van der Waals surface area contributed by atoms with Crippen LogP contribution in [0, 0.1) is 6.92 Å². The summed E-state index contributed by atoms with van der Waals surface area (Å²) in [5, 5.41) is 5.92. The molecule has 1 aliphatic carbocycles. The topological polar surface area (TPSA) is 41.1 Å². The van der Waals surface area contributed by atoms with Crippen LogP contribution in [0.15, 0.2) is 42.5 Å². The summed E-state index contributed by atoms with van der Waals surface area (Å²) in [5.74, 6) is 0. The van der Waals surface area contributed by atoms with E-state index < -0.39 is 0 Å². The second-order valence-electron chi connectivity index (χ2n) is 6.07. The molecule has 0 aromatic heterocycles. The fraction of sp³-hybridized carbons (Fsp3) is 0.316. The van der Waals surface area contributed by atoms with Crippen molar-refractivity contribution in [1.82, 2.24) is 5.32 Å². The molecule has 1 aliphatic rings. The van der Waals surface area contributed by atoms with Gasteiger partial charge in [0.2, 0.25) is 0 Å². The minimum atomic E-state index is -0.161. The van der Waals surface area contributed by atoms with Gasteiger partial charge in [0.05, 0.1) is 6.04 Å². The van der Waals surface area contributed by atoms with Crippen LogP contribution in [0.5, 0.6) is 0 Å². The molecule has 0 spiro atoms. The van der Waals surface area contributed by atoms with Crippen molar-refractivity contribution in [2.45, 2.75) is 39.2 Å². The Morgan fingerprint density at radius 3 is 2.55 bits per heavy atom. The lowest BCUT2D eigenvalue weighted by Crippen LogP contribution is -2.31. The first kappa shape index (κ1) is 14.6. The Morgan fingerprint density at radius 2 is 1.77 bits per heavy atom. The summed E-state index contributed by atoms with van der Waals surface area (Å²) < 4.78 is 0. The summed E-state index contributed by atoms with van der Waals surface area (Å²) in [4.78, 5) is 12.1. The zero-order chi connectivity index (χ0) is 15.5. The average Bonchev–Trinajstić information content (AvgIpc) is 2.95. The molecular weight excluding hydrogens is 272 g/mol. The maximum Gasteiger partial charge on any atom is 0.319 e. The number of carbonyl (C=O) groups excluding carboxylic acids is 1. The number of carbonyl (C=O) groups is 1. The van der Waals surface area contributed by atoms with Crippen LogP contribution in [0.25, 0.3) is 0 Å². The molecule has 0 heterocycles. The second kappa shape index (κ2) is 6.22. The molecular formula is C19H22N2O. The van der Waals surface area contributed by atoms with Gasteiger partial charge in [0.15, 0.2) is 0 Å². The lowest BCUT2D eigenvalue weighted by Gasteiger charge is -2.15. The first-order chi connectivity index (χ1) is 10.6. The number of rotatable bonds is 3. The highest BCUT2D eigenvalue weighted by molar-refractivity contribution is 5.89. The van der Waals surface area contributed by atoms with Crippen LogP contribution in [0.1, 0.15) is 41.6 Å². The standard InChI is InChI=1S/C19H22N2O/c1-13-6-8-15(9-7-13)14(2)20-19(22)21-18-11-10-16-4-3-5-17(16)12-18/h6-12,14H,3-5H2,1-2H3,(H2,20,21,22)/t14-/m1/s1. The summed E-state index contributed by atoms with van der Waals surface area (Å²) in [6, 6.07) is 14.3. The number of aryl methyl sites for hydroxylation is 3. The normalized spacial score (nSPS) is 14.3. The van der Waals surface area contributed by atoms with Crippen LogP contribution in [-0.2, 0) is 12.8 Å². The zero-order valence-electron chi connectivity index (χ0n) is 13.1. The molecule has 3 nitrogen and oxygen atoms in total. The molecule has 22 heavy (non-hydrogen) atoms. The fourth-order valence-corrected chi connectivity index (χ4v) is 2.95. The van der Waals surface area contributed by atoms with Gasteiger partial charge in [0, 0.05) is 5.69 Å². The van der Waals surface area contributed by atoms with E-state index in [9.17, 15) is 4.79 Å². The maximum absolute atomic E-state index is 12.1. The molecule has 0 saturated heterocycles. The van der Waals surface area contributed by atoms with Crippen molar-refractivity contribution in [3.05, 3.63) is 64.7 Å². The lowest BCUT2D eigenvalue weighted by atomic mass is 10.1. The molecule has 0 unspecified atom stereocenters. The number of hydrogen-bond donors (Lipinski definition) is 2. The van der Waals surface area contributed by atoms with Gasteiger partial charge in [0.1, 0.15) is 0 Å². The molecule has 0 fully saturated rings. The van der Waals surface area contributed by atoms with Crippen LogP contribution < -0.4 is 10.6 Å². The van der Waals surface area contributed by atoms with Crippen molar-refractivity contribution in [2.75, 3.05) is 5.32 Å². The van der Waals surface area contributed by atoms with Crippen LogP contribution >= 0.6 is 0 Å². The van der Waals surface area contributed by atoms with Crippen molar-refractivity contribution in [3.63, 3.8) is 0 Å². The molecule has 3 heteroatoms. The zero-order valence-corrected chi connectivity index (χ0v) is 13.1. The molecule has 2 aromatic rings. The van der Waals surface area contributed by atoms with Crippen LogP contribution in [0.3, 0.4) is 0 Å². The summed E-state index contributed by atoms with van der Waals surface area (Å²) in [5.41, 5.74) is 5.98. The van der Waals surface area contributed by atoms with E-state index in [2.05, 4.69) is 54.0 Å². The Hall–Kier alpha value is -2.29. The molecule has 3 rings (SSSR count). The van der Waals surface area contributed by atoms with Crippen LogP contribution in [0.4, 0.5) is 10.5 Å². The predicted octanol–water partition coefficient (Wildman–Crippen LogP) is 4.37. The van der Waals surface area contributed by atoms with Crippen molar-refractivity contribution in [2.24, 2.45) is 0 Å². The maximum atomic E-state index is 12.1. The van der Waals surface area contributed by atoms with Crippen molar-refractivity contribution in [3.8, 4) is 0 Å². The first-order valence-corrected chi connectivity index (χ1v) is 7.88. The summed E-state index contributed by atoms with van der Waals surface area (Å²) in [6.07, 6.45) is 3.49. The highest BCUT2D eigenvalue weighted by Gasteiger charge is 2.13. The van der Waals surface area contributed by atoms with E-state index in [0.29, 0.717) is 0 Å². The van der Waals surface area contributed by atoms with Gasteiger partial charge in [-0.25, -0.2) is 4.79 Å². The number of anilines is 1. The van der Waals surface area contributed by atoms with E-state index in [1.54, 1.807) is 0 Å². The number of hydrogen-bond acceptors (Lipinski definition) is 1. The Morgan fingerprint density at radius 1 is 1.05 bits per heavy atom. The Bertz CT molecular complexity index is 676. The largest absolute Gasteiger partial charge is 0.331 e. The van der Waals surface area contributed by atoms with E-state index in [4.69, 9.17) is 0 Å². The number of nitrogens with one attached hydrogen (secondary N) is 2. The van der Waals surface area contributed by atoms with E-state index in [1.165, 1.54) is 23.1 Å². The van der Waals surface area contributed by atoms with Gasteiger partial charge in [-0.05, 0) is 61.9 Å². The van der Waals surface area contributed by atoms with Gasteiger partial charge in [-0.3, -0.25) is 0 Å². The lowest BCUT2D eigenvalue weighted by molar-refractivity contribution is 0.249. The number of amides is 2. The van der Waals surface area contributed by atoms with Crippen molar-refractivity contribution < 1.29 is 4.79 Å². The van der Waals surface area contributed by atoms with Gasteiger partial charge in [0.25, 0.3) is 0 Å². The fourth-order valence-electron chi connectivity index (χ4n) is 2.95. The predicted molar refractivity (Wildman–Crippen MR) is 90.2 cm³/mol. The van der Waals surface area contributed by atoms with Crippen molar-refractivity contribution in [1.29, 1.82) is 0 Å². The van der Waals surface area contributed by atoms with E-state index in [-0.39, 0.29) is 12.1 Å². The highest BCUT2D eigenvalue weighted by Crippen LogP contribution is 2.25. The van der Waals surface area contributed by atoms with E-state index in [0.717, 1.165) is 24.1 Å². The second-order valence-corrected chi connectivity index (χ2v) is 6.07. The van der Waals surface area contributed by atoms with E-state index in [1.807, 2.05) is 13.0 Å². The minimum Gasteiger partial charge on any atom is -0.331 e. The summed E-state index contributed by atoms with van der Waals surface area (Å²) in [7, 11) is 0. The molecule has 2 amide bonds. The van der Waals surface area contributed by atoms with Crippen molar-refractivity contribution >= 4 is 11.7 Å². The molecule has 0 saturated carbocycles. The molecule has 0 radical (unpaired) electrons. The van der Waals surface area contributed by atoms with Gasteiger partial charge >= 0.3 is 6.03 Å². The molecule has 0 aliphatic heterocycles. The van der Waals surface area contributed by atoms with Gasteiger partial charge in [-0.15, -0.1) is 0 Å². The van der Waals surface area contributed by atoms with Crippen LogP contribution in [-0.4, -0.2) is 6.03 Å². The SMILES string of the molecule is Cc1ccc([C@@H](C)NC(=O)Nc2ccc3c(c2)CCC3)cc1. The number of benzene rings is 2.